The number of benzene rings is 2. The zero-order chi connectivity index (χ0) is 22.7. The van der Waals surface area contributed by atoms with Crippen molar-refractivity contribution in [2.45, 2.75) is 13.5 Å². The zero-order valence-electron chi connectivity index (χ0n) is 17.5. The Bertz CT molecular complexity index is 1420. The average Bonchev–Trinajstić information content (AvgIpc) is 2.78. The maximum absolute atomic E-state index is 13.1. The van der Waals surface area contributed by atoms with E-state index in [1.165, 1.54) is 16.8 Å². The van der Waals surface area contributed by atoms with Crippen LogP contribution in [0.1, 0.15) is 16.8 Å². The number of aromatic amines is 1. The van der Waals surface area contributed by atoms with Gasteiger partial charge < -0.3 is 9.84 Å². The summed E-state index contributed by atoms with van der Waals surface area (Å²) in [4.78, 5) is 31.3. The third-order valence-electron chi connectivity index (χ3n) is 4.92. The van der Waals surface area contributed by atoms with Crippen LogP contribution >= 0.6 is 0 Å². The van der Waals surface area contributed by atoms with E-state index in [4.69, 9.17) is 4.74 Å². The monoisotopic (exact) mass is 431 g/mol. The minimum absolute atomic E-state index is 0.167. The average molecular weight is 431 g/mol. The van der Waals surface area contributed by atoms with Crippen LogP contribution in [0.2, 0.25) is 0 Å². The number of hydrogen-bond acceptors (Lipinski definition) is 7. The van der Waals surface area contributed by atoms with E-state index >= 15 is 0 Å². The number of H-pyrrole nitrogens is 1. The van der Waals surface area contributed by atoms with Gasteiger partial charge in [0, 0.05) is 22.5 Å². The van der Waals surface area contributed by atoms with E-state index in [1.807, 2.05) is 12.1 Å². The number of nitrogens with one attached hydrogen (secondary N) is 2. The van der Waals surface area contributed by atoms with Gasteiger partial charge in [-0.15, -0.1) is 0 Å². The summed E-state index contributed by atoms with van der Waals surface area (Å²) in [5.41, 5.74) is 3.74. The Kier molecular flexibility index (Phi) is 5.71. The van der Waals surface area contributed by atoms with Gasteiger partial charge in [-0.05, 0) is 30.7 Å². The van der Waals surface area contributed by atoms with Gasteiger partial charge in [0.2, 0.25) is 11.8 Å². The van der Waals surface area contributed by atoms with Crippen molar-refractivity contribution in [2.24, 2.45) is 5.10 Å². The second-order valence-corrected chi connectivity index (χ2v) is 7.13. The highest BCUT2D eigenvalue weighted by atomic mass is 16.5. The predicted molar refractivity (Wildman–Crippen MR) is 123 cm³/mol. The molecule has 0 radical (unpaired) electrons. The van der Waals surface area contributed by atoms with Gasteiger partial charge in [-0.1, -0.05) is 30.3 Å². The van der Waals surface area contributed by atoms with E-state index in [9.17, 15) is 14.7 Å². The summed E-state index contributed by atoms with van der Waals surface area (Å²) in [7, 11) is 1.58. The number of hydrogen-bond donors (Lipinski definition) is 3. The molecule has 0 saturated heterocycles. The van der Waals surface area contributed by atoms with Gasteiger partial charge in [0.05, 0.1) is 25.4 Å². The van der Waals surface area contributed by atoms with Gasteiger partial charge in [0.15, 0.2) is 0 Å². The Morgan fingerprint density at radius 3 is 2.56 bits per heavy atom. The molecule has 0 amide bonds. The van der Waals surface area contributed by atoms with E-state index in [0.29, 0.717) is 27.8 Å². The number of fused-ring (bicyclic) bond motifs is 1. The number of nitrogens with zero attached hydrogens (tertiary/aromatic N) is 3. The predicted octanol–water partition coefficient (Wildman–Crippen LogP) is 2.60. The zero-order valence-corrected chi connectivity index (χ0v) is 17.5. The van der Waals surface area contributed by atoms with Gasteiger partial charge in [-0.2, -0.15) is 5.10 Å². The smallest absolute Gasteiger partial charge is 0.261 e. The van der Waals surface area contributed by atoms with Crippen molar-refractivity contribution >= 4 is 22.9 Å². The van der Waals surface area contributed by atoms with E-state index in [-0.39, 0.29) is 29.5 Å². The lowest BCUT2D eigenvalue weighted by Gasteiger charge is -2.14. The van der Waals surface area contributed by atoms with Crippen LogP contribution in [-0.4, -0.2) is 33.0 Å². The summed E-state index contributed by atoms with van der Waals surface area (Å²) < 4.78 is 6.46. The Morgan fingerprint density at radius 2 is 1.88 bits per heavy atom. The summed E-state index contributed by atoms with van der Waals surface area (Å²) in [6.45, 7) is 1.86. The third-order valence-corrected chi connectivity index (χ3v) is 4.92. The number of aromatic hydroxyl groups is 1. The highest BCUT2D eigenvalue weighted by molar-refractivity contribution is 6.01. The van der Waals surface area contributed by atoms with Crippen LogP contribution < -0.4 is 21.3 Å². The van der Waals surface area contributed by atoms with Crippen molar-refractivity contribution in [3.8, 4) is 11.6 Å². The minimum atomic E-state index is -0.316. The molecule has 0 aliphatic rings. The number of anilines is 1. The van der Waals surface area contributed by atoms with Crippen LogP contribution in [0.4, 0.5) is 5.95 Å². The van der Waals surface area contributed by atoms with E-state index in [2.05, 4.69) is 20.5 Å². The molecule has 9 heteroatoms. The van der Waals surface area contributed by atoms with Crippen molar-refractivity contribution < 1.29 is 9.84 Å². The van der Waals surface area contributed by atoms with Crippen molar-refractivity contribution in [3.05, 3.63) is 92.1 Å². The standard InChI is InChI=1S/C23H21N5O4/c1-14-11-20(29)26-23(25-14)27-24-12-19-17-5-3-4-6-18(17)21(30)28(22(19)31)13-15-7-9-16(32-2)10-8-15/h3-12,31H,13H2,1-2H3,(H2,25,26,27,29)/b24-12-. The molecule has 0 saturated carbocycles. The molecule has 9 nitrogen and oxygen atoms in total. The molecule has 0 spiro atoms. The quantitative estimate of drug-likeness (QED) is 0.319. The summed E-state index contributed by atoms with van der Waals surface area (Å²) in [6.07, 6.45) is 1.39. The molecule has 4 rings (SSSR count). The summed E-state index contributed by atoms with van der Waals surface area (Å²) in [5.74, 6) is 0.646. The molecule has 0 aliphatic carbocycles. The van der Waals surface area contributed by atoms with Crippen LogP contribution in [0, 0.1) is 6.92 Å². The fourth-order valence-corrected chi connectivity index (χ4v) is 3.39. The molecule has 0 unspecified atom stereocenters. The van der Waals surface area contributed by atoms with Crippen molar-refractivity contribution in [2.75, 3.05) is 12.5 Å². The Hall–Kier alpha value is -4.40. The minimum Gasteiger partial charge on any atom is -0.497 e. The molecule has 162 valence electrons. The van der Waals surface area contributed by atoms with Crippen LogP contribution in [0.3, 0.4) is 0 Å². The first kappa shape index (κ1) is 20.9. The van der Waals surface area contributed by atoms with E-state index in [0.717, 1.165) is 5.56 Å². The van der Waals surface area contributed by atoms with Crippen LogP contribution in [0.25, 0.3) is 10.8 Å². The SMILES string of the molecule is COc1ccc(Cn2c(O)c(/C=N\Nc3nc(C)cc(=O)[nH]3)c3ccccc3c2=O)cc1. The summed E-state index contributed by atoms with van der Waals surface area (Å²) in [5, 5.41) is 16.1. The van der Waals surface area contributed by atoms with E-state index < -0.39 is 0 Å². The number of aryl methyl sites for hydroxylation is 1. The van der Waals surface area contributed by atoms with Gasteiger partial charge in [0.1, 0.15) is 5.75 Å². The number of pyridine rings is 1. The van der Waals surface area contributed by atoms with Gasteiger partial charge in [-0.25, -0.2) is 10.4 Å². The lowest BCUT2D eigenvalue weighted by Crippen LogP contribution is -2.22. The molecule has 4 aromatic rings. The molecule has 2 aromatic heterocycles. The molecule has 0 fully saturated rings. The van der Waals surface area contributed by atoms with Crippen molar-refractivity contribution in [1.29, 1.82) is 0 Å². The van der Waals surface area contributed by atoms with Crippen molar-refractivity contribution in [3.63, 3.8) is 0 Å². The second kappa shape index (κ2) is 8.76. The fraction of sp³-hybridized carbons (Fsp3) is 0.130. The first-order valence-electron chi connectivity index (χ1n) is 9.80. The lowest BCUT2D eigenvalue weighted by molar-refractivity contribution is 0.412. The molecular weight excluding hydrogens is 410 g/mol. The fourth-order valence-electron chi connectivity index (χ4n) is 3.39. The van der Waals surface area contributed by atoms with Crippen LogP contribution in [-0.2, 0) is 6.54 Å². The summed E-state index contributed by atoms with van der Waals surface area (Å²) in [6, 6.07) is 15.6. The van der Waals surface area contributed by atoms with Gasteiger partial charge >= 0.3 is 0 Å². The van der Waals surface area contributed by atoms with Gasteiger partial charge in [-0.3, -0.25) is 19.1 Å². The lowest BCUT2D eigenvalue weighted by atomic mass is 10.1. The van der Waals surface area contributed by atoms with Crippen molar-refractivity contribution in [1.82, 2.24) is 14.5 Å². The normalized spacial score (nSPS) is 11.2. The Balaban J connectivity index is 1.75. The number of aromatic nitrogens is 3. The molecule has 2 aromatic carbocycles. The number of rotatable bonds is 6. The van der Waals surface area contributed by atoms with Crippen LogP contribution in [0.5, 0.6) is 11.6 Å². The molecule has 0 atom stereocenters. The molecular formula is C23H21N5O4. The number of ether oxygens (including phenoxy) is 1. The number of hydrazone groups is 1. The first-order valence-corrected chi connectivity index (χ1v) is 9.80. The Morgan fingerprint density at radius 1 is 1.16 bits per heavy atom. The molecule has 0 aliphatic heterocycles. The number of methoxy groups -OCH3 is 1. The molecule has 3 N–H and O–H groups in total. The first-order chi connectivity index (χ1) is 15.5. The largest absolute Gasteiger partial charge is 0.497 e. The molecule has 2 heterocycles. The maximum Gasteiger partial charge on any atom is 0.261 e. The van der Waals surface area contributed by atoms with E-state index in [1.54, 1.807) is 50.4 Å². The third kappa shape index (κ3) is 4.22. The highest BCUT2D eigenvalue weighted by Crippen LogP contribution is 2.24. The second-order valence-electron chi connectivity index (χ2n) is 7.13. The van der Waals surface area contributed by atoms with Gasteiger partial charge in [0.25, 0.3) is 11.1 Å². The maximum atomic E-state index is 13.1. The molecule has 0 bridgehead atoms. The molecule has 32 heavy (non-hydrogen) atoms. The topological polar surface area (TPSA) is 122 Å². The Labute approximate surface area is 182 Å². The highest BCUT2D eigenvalue weighted by Gasteiger charge is 2.15. The summed E-state index contributed by atoms with van der Waals surface area (Å²) >= 11 is 0. The van der Waals surface area contributed by atoms with Crippen LogP contribution in [0.15, 0.2) is 69.3 Å².